The predicted octanol–water partition coefficient (Wildman–Crippen LogP) is 4.30. The van der Waals surface area contributed by atoms with E-state index in [4.69, 9.17) is 11.6 Å². The topological polar surface area (TPSA) is 42.0 Å². The zero-order valence-corrected chi connectivity index (χ0v) is 13.3. The minimum absolute atomic E-state index is 0.0531. The van der Waals surface area contributed by atoms with Crippen molar-refractivity contribution in [2.24, 2.45) is 0 Å². The molecule has 0 aliphatic rings. The van der Waals surface area contributed by atoms with Gasteiger partial charge in [-0.25, -0.2) is 4.98 Å². The van der Waals surface area contributed by atoms with Gasteiger partial charge in [0.05, 0.1) is 5.69 Å². The van der Waals surface area contributed by atoms with Crippen LogP contribution in [0.15, 0.2) is 24.3 Å². The summed E-state index contributed by atoms with van der Waals surface area (Å²) in [7, 11) is 0. The molecule has 1 heterocycles. The maximum absolute atomic E-state index is 12.2. The number of hydrogen-bond donors (Lipinski definition) is 1. The average Bonchev–Trinajstić information content (AvgIpc) is 2.80. The number of carbonyl (C=O) groups is 1. The van der Waals surface area contributed by atoms with Crippen LogP contribution in [0.1, 0.15) is 35.6 Å². The van der Waals surface area contributed by atoms with E-state index in [9.17, 15) is 4.79 Å². The van der Waals surface area contributed by atoms with Crippen LogP contribution in [-0.4, -0.2) is 16.9 Å². The van der Waals surface area contributed by atoms with Gasteiger partial charge in [0.25, 0.3) is 5.91 Å². The number of halogens is 1. The number of amides is 1. The first-order valence-electron chi connectivity index (χ1n) is 6.55. The summed E-state index contributed by atoms with van der Waals surface area (Å²) in [5, 5.41) is 4.45. The SMILES string of the molecule is CCC(C)NC(=O)c1sc(-c2cccc(Cl)c2)nc1C. The monoisotopic (exact) mass is 308 g/mol. The van der Waals surface area contributed by atoms with E-state index in [0.29, 0.717) is 9.90 Å². The zero-order chi connectivity index (χ0) is 14.7. The van der Waals surface area contributed by atoms with Gasteiger partial charge in [-0.05, 0) is 32.4 Å². The maximum Gasteiger partial charge on any atom is 0.263 e. The minimum Gasteiger partial charge on any atom is -0.349 e. The van der Waals surface area contributed by atoms with Crippen LogP contribution < -0.4 is 5.32 Å². The number of benzene rings is 1. The van der Waals surface area contributed by atoms with Crippen LogP contribution in [0.5, 0.6) is 0 Å². The third kappa shape index (κ3) is 3.38. The molecule has 3 nitrogen and oxygen atoms in total. The van der Waals surface area contributed by atoms with Crippen LogP contribution in [-0.2, 0) is 0 Å². The molecule has 106 valence electrons. The molecule has 0 radical (unpaired) electrons. The number of thiazole rings is 1. The van der Waals surface area contributed by atoms with Crippen LogP contribution in [0.2, 0.25) is 5.02 Å². The molecule has 0 saturated heterocycles. The second-order valence-electron chi connectivity index (χ2n) is 4.73. The summed E-state index contributed by atoms with van der Waals surface area (Å²) < 4.78 is 0. The maximum atomic E-state index is 12.2. The Balaban J connectivity index is 2.28. The molecule has 5 heteroatoms. The summed E-state index contributed by atoms with van der Waals surface area (Å²) in [6.45, 7) is 5.89. The van der Waals surface area contributed by atoms with Crippen molar-refractivity contribution in [3.05, 3.63) is 39.9 Å². The molecule has 0 spiro atoms. The summed E-state index contributed by atoms with van der Waals surface area (Å²) in [5.41, 5.74) is 1.69. The lowest BCUT2D eigenvalue weighted by Gasteiger charge is -2.09. The van der Waals surface area contributed by atoms with E-state index in [1.54, 1.807) is 0 Å². The first-order valence-corrected chi connectivity index (χ1v) is 7.75. The van der Waals surface area contributed by atoms with Crippen molar-refractivity contribution in [2.45, 2.75) is 33.2 Å². The molecule has 0 bridgehead atoms. The van der Waals surface area contributed by atoms with E-state index in [-0.39, 0.29) is 11.9 Å². The first kappa shape index (κ1) is 15.0. The molecular weight excluding hydrogens is 292 g/mol. The van der Waals surface area contributed by atoms with Crippen molar-refractivity contribution in [3.63, 3.8) is 0 Å². The second-order valence-corrected chi connectivity index (χ2v) is 6.16. The van der Waals surface area contributed by atoms with Crippen molar-refractivity contribution in [1.29, 1.82) is 0 Å². The third-order valence-electron chi connectivity index (χ3n) is 3.06. The fourth-order valence-corrected chi connectivity index (χ4v) is 2.90. The first-order chi connectivity index (χ1) is 9.51. The lowest BCUT2D eigenvalue weighted by molar-refractivity contribution is 0.0942. The van der Waals surface area contributed by atoms with Gasteiger partial charge in [-0.3, -0.25) is 4.79 Å². The van der Waals surface area contributed by atoms with Crippen molar-refractivity contribution in [2.75, 3.05) is 0 Å². The quantitative estimate of drug-likeness (QED) is 0.915. The molecule has 0 aliphatic heterocycles. The highest BCUT2D eigenvalue weighted by Crippen LogP contribution is 2.29. The van der Waals surface area contributed by atoms with Gasteiger partial charge in [-0.1, -0.05) is 30.7 Å². The highest BCUT2D eigenvalue weighted by molar-refractivity contribution is 7.17. The van der Waals surface area contributed by atoms with Gasteiger partial charge in [0, 0.05) is 16.6 Å². The molecule has 0 fully saturated rings. The average molecular weight is 309 g/mol. The Kier molecular flexibility index (Phi) is 4.78. The number of carbonyl (C=O) groups excluding carboxylic acids is 1. The smallest absolute Gasteiger partial charge is 0.263 e. The summed E-state index contributed by atoms with van der Waals surface area (Å²) in [5.74, 6) is -0.0531. The lowest BCUT2D eigenvalue weighted by Crippen LogP contribution is -2.31. The Morgan fingerprint density at radius 3 is 2.90 bits per heavy atom. The van der Waals surface area contributed by atoms with Gasteiger partial charge in [0.15, 0.2) is 0 Å². The summed E-state index contributed by atoms with van der Waals surface area (Å²) in [6.07, 6.45) is 0.907. The largest absolute Gasteiger partial charge is 0.349 e. The molecule has 20 heavy (non-hydrogen) atoms. The van der Waals surface area contributed by atoms with Crippen molar-refractivity contribution in [3.8, 4) is 10.6 Å². The van der Waals surface area contributed by atoms with Gasteiger partial charge in [0.2, 0.25) is 0 Å². The highest BCUT2D eigenvalue weighted by Gasteiger charge is 2.17. The Morgan fingerprint density at radius 2 is 2.25 bits per heavy atom. The Bertz CT molecular complexity index is 624. The second kappa shape index (κ2) is 6.37. The molecule has 2 aromatic rings. The van der Waals surface area contributed by atoms with E-state index >= 15 is 0 Å². The van der Waals surface area contributed by atoms with Crippen molar-refractivity contribution < 1.29 is 4.79 Å². The number of aromatic nitrogens is 1. The van der Waals surface area contributed by atoms with Crippen molar-refractivity contribution in [1.82, 2.24) is 10.3 Å². The summed E-state index contributed by atoms with van der Waals surface area (Å²) in [4.78, 5) is 17.3. The van der Waals surface area contributed by atoms with Crippen LogP contribution >= 0.6 is 22.9 Å². The van der Waals surface area contributed by atoms with E-state index < -0.39 is 0 Å². The Hall–Kier alpha value is -1.39. The molecule has 1 aromatic carbocycles. The lowest BCUT2D eigenvalue weighted by atomic mass is 10.2. The van der Waals surface area contributed by atoms with E-state index in [2.05, 4.69) is 10.3 Å². The number of nitrogens with one attached hydrogen (secondary N) is 1. The number of hydrogen-bond acceptors (Lipinski definition) is 3. The molecule has 1 N–H and O–H groups in total. The number of aryl methyl sites for hydroxylation is 1. The summed E-state index contributed by atoms with van der Waals surface area (Å²) in [6, 6.07) is 7.67. The van der Waals surface area contributed by atoms with Gasteiger partial charge in [0.1, 0.15) is 9.88 Å². The third-order valence-corrected chi connectivity index (χ3v) is 4.50. The fourth-order valence-electron chi connectivity index (χ4n) is 1.74. The fraction of sp³-hybridized carbons (Fsp3) is 0.333. The van der Waals surface area contributed by atoms with Gasteiger partial charge in [-0.2, -0.15) is 0 Å². The normalized spacial score (nSPS) is 12.2. The van der Waals surface area contributed by atoms with Crippen LogP contribution in [0.3, 0.4) is 0 Å². The number of rotatable bonds is 4. The molecule has 0 aliphatic carbocycles. The Morgan fingerprint density at radius 1 is 1.50 bits per heavy atom. The van der Waals surface area contributed by atoms with Crippen LogP contribution in [0, 0.1) is 6.92 Å². The van der Waals surface area contributed by atoms with Gasteiger partial charge >= 0.3 is 0 Å². The molecule has 2 rings (SSSR count). The predicted molar refractivity (Wildman–Crippen MR) is 84.5 cm³/mol. The van der Waals surface area contributed by atoms with Crippen LogP contribution in [0.4, 0.5) is 0 Å². The minimum atomic E-state index is -0.0531. The van der Waals surface area contributed by atoms with Crippen LogP contribution in [0.25, 0.3) is 10.6 Å². The zero-order valence-electron chi connectivity index (χ0n) is 11.7. The standard InChI is InChI=1S/C15H17ClN2OS/c1-4-9(2)17-14(19)13-10(3)18-15(20-13)11-6-5-7-12(16)8-11/h5-9H,4H2,1-3H3,(H,17,19). The molecule has 1 atom stereocenters. The van der Waals surface area contributed by atoms with Gasteiger partial charge in [-0.15, -0.1) is 11.3 Å². The van der Waals surface area contributed by atoms with E-state index in [0.717, 1.165) is 22.7 Å². The number of nitrogens with zero attached hydrogens (tertiary/aromatic N) is 1. The molecule has 1 aromatic heterocycles. The highest BCUT2D eigenvalue weighted by atomic mass is 35.5. The van der Waals surface area contributed by atoms with E-state index in [1.807, 2.05) is 45.0 Å². The van der Waals surface area contributed by atoms with Crippen molar-refractivity contribution >= 4 is 28.8 Å². The van der Waals surface area contributed by atoms with Gasteiger partial charge < -0.3 is 5.32 Å². The molecule has 1 amide bonds. The summed E-state index contributed by atoms with van der Waals surface area (Å²) >= 11 is 7.39. The molecular formula is C15H17ClN2OS. The molecule has 0 saturated carbocycles. The van der Waals surface area contributed by atoms with E-state index in [1.165, 1.54) is 11.3 Å². The Labute approximate surface area is 128 Å². The molecule has 1 unspecified atom stereocenters.